The summed E-state index contributed by atoms with van der Waals surface area (Å²) in [6.07, 6.45) is -1.16. The van der Waals surface area contributed by atoms with Gasteiger partial charge >= 0.3 is 0 Å². The number of nitrogens with two attached hydrogens (primary N) is 2. The number of ether oxygens (including phenoxy) is 1. The molecule has 2 aromatic heterocycles. The Morgan fingerprint density at radius 3 is 2.92 bits per heavy atom. The van der Waals surface area contributed by atoms with Gasteiger partial charge in [-0.25, -0.2) is 15.9 Å². The maximum Gasteiger partial charge on any atom is 0.300 e. The van der Waals surface area contributed by atoms with Gasteiger partial charge in [0.25, 0.3) is 5.69 Å². The molecule has 0 bridgehead atoms. The number of aliphatic hydroxyl groups is 2. The Morgan fingerprint density at radius 1 is 1.58 bits per heavy atom. The maximum atomic E-state index is 11.3. The van der Waals surface area contributed by atoms with E-state index in [-0.39, 0.29) is 29.1 Å². The third kappa shape index (κ3) is 2.28. The first kappa shape index (κ1) is 16.5. The molecule has 1 aliphatic heterocycles. The Kier molecular flexibility index (Phi) is 3.85. The van der Waals surface area contributed by atoms with Crippen molar-refractivity contribution in [1.82, 2.24) is 14.5 Å². The topological polar surface area (TPSA) is 185 Å². The first-order valence-corrected chi connectivity index (χ1v) is 6.92. The van der Waals surface area contributed by atoms with Gasteiger partial charge in [0.1, 0.15) is 35.3 Å². The summed E-state index contributed by atoms with van der Waals surface area (Å²) < 4.78 is 6.83. The molecular weight excluding hydrogens is 324 g/mol. The highest BCUT2D eigenvalue weighted by molar-refractivity contribution is 5.95. The lowest BCUT2D eigenvalue weighted by molar-refractivity contribution is -0.383. The molecule has 0 amide bonds. The van der Waals surface area contributed by atoms with E-state index in [0.717, 1.165) is 12.5 Å². The largest absolute Gasteiger partial charge is 0.387 e. The Bertz CT molecular complexity index is 792. The SMILES string of the molecule is C[C@@]1(O)C(O)C(CON)O[C@H]1n1cc([N+](=O)[O-])c2c(N)ncnc21. The molecule has 0 saturated carbocycles. The lowest BCUT2D eigenvalue weighted by atomic mass is 9.96. The number of nitrogens with zero attached hydrogens (tertiary/aromatic N) is 4. The van der Waals surface area contributed by atoms with Gasteiger partial charge < -0.3 is 25.5 Å². The minimum atomic E-state index is -1.78. The van der Waals surface area contributed by atoms with Gasteiger partial charge in [0, 0.05) is 0 Å². The fraction of sp³-hybridized carbons (Fsp3) is 0.500. The van der Waals surface area contributed by atoms with E-state index in [9.17, 15) is 20.3 Å². The zero-order valence-corrected chi connectivity index (χ0v) is 12.6. The minimum absolute atomic E-state index is 0.0231. The van der Waals surface area contributed by atoms with Crippen LogP contribution in [0.2, 0.25) is 0 Å². The lowest BCUT2D eigenvalue weighted by Crippen LogP contribution is -2.44. The molecule has 0 aliphatic carbocycles. The van der Waals surface area contributed by atoms with Crippen LogP contribution < -0.4 is 11.6 Å². The Labute approximate surface area is 134 Å². The zero-order valence-electron chi connectivity index (χ0n) is 12.6. The number of hydrogen-bond donors (Lipinski definition) is 4. The molecule has 0 radical (unpaired) electrons. The number of aliphatic hydroxyl groups excluding tert-OH is 1. The van der Waals surface area contributed by atoms with Crippen molar-refractivity contribution in [3.8, 4) is 0 Å². The average molecular weight is 340 g/mol. The summed E-state index contributed by atoms with van der Waals surface area (Å²) in [5.41, 5.74) is 3.70. The van der Waals surface area contributed by atoms with Gasteiger partial charge in [-0.3, -0.25) is 14.7 Å². The number of aromatic nitrogens is 3. The zero-order chi connectivity index (χ0) is 17.6. The van der Waals surface area contributed by atoms with Gasteiger partial charge in [-0.1, -0.05) is 0 Å². The quantitative estimate of drug-likeness (QED) is 0.390. The fourth-order valence-electron chi connectivity index (χ4n) is 2.88. The van der Waals surface area contributed by atoms with E-state index >= 15 is 0 Å². The standard InChI is InChI=1S/C12H16N6O6/c1-12(20)8(19)6(3-23-14)24-11(12)17-2-5(18(21)22)7-9(13)15-4-16-10(7)17/h2,4,6,8,11,19-20H,3,14H2,1H3,(H2,13,15,16)/t6?,8?,11-,12-/m1/s1. The predicted octanol–water partition coefficient (Wildman–Crippen LogP) is -1.18. The normalized spacial score (nSPS) is 30.1. The summed E-state index contributed by atoms with van der Waals surface area (Å²) in [5, 5.41) is 32.1. The van der Waals surface area contributed by atoms with Gasteiger partial charge in [0.15, 0.2) is 11.9 Å². The summed E-state index contributed by atoms with van der Waals surface area (Å²) in [7, 11) is 0. The number of fused-ring (bicyclic) bond motifs is 1. The van der Waals surface area contributed by atoms with Crippen LogP contribution in [0.3, 0.4) is 0 Å². The van der Waals surface area contributed by atoms with Crippen molar-refractivity contribution < 1.29 is 24.7 Å². The van der Waals surface area contributed by atoms with E-state index < -0.39 is 29.0 Å². The van der Waals surface area contributed by atoms with Crippen LogP contribution in [0.4, 0.5) is 11.5 Å². The maximum absolute atomic E-state index is 11.3. The monoisotopic (exact) mass is 340 g/mol. The summed E-state index contributed by atoms with van der Waals surface area (Å²) in [5.74, 6) is 4.91. The first-order valence-electron chi connectivity index (χ1n) is 6.92. The van der Waals surface area contributed by atoms with Crippen LogP contribution in [0.1, 0.15) is 13.2 Å². The number of anilines is 1. The highest BCUT2D eigenvalue weighted by Gasteiger charge is 2.53. The smallest absolute Gasteiger partial charge is 0.300 e. The molecule has 1 fully saturated rings. The molecule has 0 spiro atoms. The van der Waals surface area contributed by atoms with E-state index in [1.165, 1.54) is 11.5 Å². The van der Waals surface area contributed by atoms with Crippen molar-refractivity contribution in [3.05, 3.63) is 22.6 Å². The molecule has 24 heavy (non-hydrogen) atoms. The van der Waals surface area contributed by atoms with E-state index in [2.05, 4.69) is 14.8 Å². The number of hydrogen-bond acceptors (Lipinski definition) is 10. The van der Waals surface area contributed by atoms with E-state index in [4.69, 9.17) is 16.4 Å². The van der Waals surface area contributed by atoms with Crippen molar-refractivity contribution in [2.75, 3.05) is 12.3 Å². The molecule has 2 aromatic rings. The molecule has 6 N–H and O–H groups in total. The van der Waals surface area contributed by atoms with Crippen LogP contribution >= 0.6 is 0 Å². The van der Waals surface area contributed by atoms with Crippen LogP contribution in [-0.2, 0) is 9.57 Å². The molecule has 1 saturated heterocycles. The molecular formula is C12H16N6O6. The van der Waals surface area contributed by atoms with Crippen molar-refractivity contribution >= 4 is 22.5 Å². The van der Waals surface area contributed by atoms with Crippen LogP contribution in [0, 0.1) is 10.1 Å². The van der Waals surface area contributed by atoms with Crippen molar-refractivity contribution in [2.45, 2.75) is 31.0 Å². The van der Waals surface area contributed by atoms with Crippen molar-refractivity contribution in [3.63, 3.8) is 0 Å². The number of nitrogen functional groups attached to an aromatic ring is 1. The lowest BCUT2D eigenvalue weighted by Gasteiger charge is -2.27. The second-order valence-electron chi connectivity index (χ2n) is 5.67. The van der Waals surface area contributed by atoms with Gasteiger partial charge in [0.05, 0.1) is 17.7 Å². The number of rotatable bonds is 4. The molecule has 0 aromatic carbocycles. The predicted molar refractivity (Wildman–Crippen MR) is 79.3 cm³/mol. The second-order valence-corrected chi connectivity index (χ2v) is 5.67. The molecule has 3 heterocycles. The van der Waals surface area contributed by atoms with E-state index in [0.29, 0.717) is 0 Å². The Hall–Kier alpha value is -2.38. The summed E-state index contributed by atoms with van der Waals surface area (Å²) >= 11 is 0. The number of nitro groups is 1. The van der Waals surface area contributed by atoms with Crippen LogP contribution in [0.5, 0.6) is 0 Å². The van der Waals surface area contributed by atoms with Crippen LogP contribution in [0.25, 0.3) is 11.0 Å². The van der Waals surface area contributed by atoms with Gasteiger partial charge in [-0.2, -0.15) is 0 Å². The van der Waals surface area contributed by atoms with Crippen molar-refractivity contribution in [2.24, 2.45) is 5.90 Å². The molecule has 12 nitrogen and oxygen atoms in total. The second kappa shape index (κ2) is 5.61. The molecule has 2 unspecified atom stereocenters. The van der Waals surface area contributed by atoms with Crippen LogP contribution in [0.15, 0.2) is 12.5 Å². The van der Waals surface area contributed by atoms with Crippen LogP contribution in [-0.4, -0.2) is 54.1 Å². The molecule has 1 aliphatic rings. The average Bonchev–Trinajstić information content (AvgIpc) is 3.00. The third-order valence-electron chi connectivity index (χ3n) is 4.08. The van der Waals surface area contributed by atoms with E-state index in [1.807, 2.05) is 0 Å². The Morgan fingerprint density at radius 2 is 2.29 bits per heavy atom. The third-order valence-corrected chi connectivity index (χ3v) is 4.08. The summed E-state index contributed by atoms with van der Waals surface area (Å²) in [6.45, 7) is 1.16. The van der Waals surface area contributed by atoms with Gasteiger partial charge in [-0.05, 0) is 6.92 Å². The summed E-state index contributed by atoms with van der Waals surface area (Å²) in [6, 6.07) is 0. The molecule has 3 rings (SSSR count). The fourth-order valence-corrected chi connectivity index (χ4v) is 2.88. The van der Waals surface area contributed by atoms with Gasteiger partial charge in [-0.15, -0.1) is 0 Å². The Balaban J connectivity index is 2.16. The van der Waals surface area contributed by atoms with Crippen molar-refractivity contribution in [1.29, 1.82) is 0 Å². The highest BCUT2D eigenvalue weighted by Crippen LogP contribution is 2.42. The molecule has 12 heteroatoms. The minimum Gasteiger partial charge on any atom is -0.387 e. The first-order chi connectivity index (χ1) is 11.3. The van der Waals surface area contributed by atoms with Gasteiger partial charge in [0.2, 0.25) is 0 Å². The van der Waals surface area contributed by atoms with E-state index in [1.54, 1.807) is 0 Å². The molecule has 130 valence electrons. The summed E-state index contributed by atoms with van der Waals surface area (Å²) in [4.78, 5) is 22.8. The molecule has 4 atom stereocenters. The highest BCUT2D eigenvalue weighted by atomic mass is 16.6.